The Hall–Kier alpha value is -2.89. The maximum Gasteiger partial charge on any atom is 0.233 e. The Kier molecular flexibility index (Phi) is 3.04. The second-order valence-electron chi connectivity index (χ2n) is 4.06. The number of hydrogen-bond donors (Lipinski definition) is 1. The Morgan fingerprint density at radius 3 is 2.80 bits per heavy atom. The highest BCUT2D eigenvalue weighted by Crippen LogP contribution is 2.32. The van der Waals surface area contributed by atoms with E-state index in [9.17, 15) is 4.79 Å². The molecule has 3 rings (SSSR count). The second-order valence-corrected chi connectivity index (χ2v) is 4.06. The molecule has 0 atom stereocenters. The van der Waals surface area contributed by atoms with Crippen LogP contribution in [0.25, 0.3) is 0 Å². The fourth-order valence-corrected chi connectivity index (χ4v) is 1.90. The number of benzene rings is 1. The summed E-state index contributed by atoms with van der Waals surface area (Å²) in [6, 6.07) is 9.83. The number of ether oxygens (including phenoxy) is 2. The maximum atomic E-state index is 12.3. The summed E-state index contributed by atoms with van der Waals surface area (Å²) in [5.74, 6) is 0.640. The van der Waals surface area contributed by atoms with Crippen molar-refractivity contribution < 1.29 is 19.5 Å². The van der Waals surface area contributed by atoms with E-state index >= 15 is 0 Å². The van der Waals surface area contributed by atoms with Gasteiger partial charge in [-0.2, -0.15) is 0 Å². The molecule has 20 heavy (non-hydrogen) atoms. The molecular weight excluding hydrogens is 260 g/mol. The number of pyridine rings is 1. The van der Waals surface area contributed by atoms with Gasteiger partial charge in [0.15, 0.2) is 17.2 Å². The predicted octanol–water partition coefficient (Wildman–Crippen LogP) is 1.87. The van der Waals surface area contributed by atoms with Crippen molar-refractivity contribution in [2.75, 3.05) is 6.79 Å². The van der Waals surface area contributed by atoms with Gasteiger partial charge in [0.1, 0.15) is 5.69 Å². The van der Waals surface area contributed by atoms with Crippen LogP contribution in [0.5, 0.6) is 11.5 Å². The van der Waals surface area contributed by atoms with E-state index in [-0.39, 0.29) is 18.2 Å². The van der Waals surface area contributed by atoms with Crippen LogP contribution in [0.3, 0.4) is 0 Å². The molecule has 0 bridgehead atoms. The van der Waals surface area contributed by atoms with Crippen LogP contribution in [-0.2, 0) is 0 Å². The molecule has 0 saturated heterocycles. The molecule has 0 radical (unpaired) electrons. The molecule has 0 unspecified atom stereocenters. The summed E-state index contributed by atoms with van der Waals surface area (Å²) in [6.07, 6.45) is 1.50. The van der Waals surface area contributed by atoms with Crippen molar-refractivity contribution in [3.05, 3.63) is 53.9 Å². The molecule has 1 aliphatic heterocycles. The lowest BCUT2D eigenvalue weighted by Crippen LogP contribution is -2.17. The van der Waals surface area contributed by atoms with Gasteiger partial charge in [-0.15, -0.1) is 0 Å². The molecular formula is C14H10N2O4. The summed E-state index contributed by atoms with van der Waals surface area (Å²) in [6.45, 7) is 0.137. The number of nitrogens with zero attached hydrogens (tertiary/aromatic N) is 2. The van der Waals surface area contributed by atoms with Crippen LogP contribution >= 0.6 is 0 Å². The average Bonchev–Trinajstić information content (AvgIpc) is 2.96. The third kappa shape index (κ3) is 2.07. The summed E-state index contributed by atoms with van der Waals surface area (Å²) in [5.41, 5.74) is 0.548. The van der Waals surface area contributed by atoms with Crippen molar-refractivity contribution in [3.8, 4) is 11.5 Å². The molecule has 1 aliphatic rings. The van der Waals surface area contributed by atoms with Gasteiger partial charge in [0.25, 0.3) is 0 Å². The molecule has 2 heterocycles. The largest absolute Gasteiger partial charge is 0.454 e. The van der Waals surface area contributed by atoms with Crippen LogP contribution in [0, 0.1) is 0 Å². The maximum absolute atomic E-state index is 12.3. The van der Waals surface area contributed by atoms with Crippen LogP contribution in [0.15, 0.2) is 47.8 Å². The zero-order valence-electron chi connectivity index (χ0n) is 10.3. The minimum atomic E-state index is -0.466. The molecule has 0 fully saturated rings. The monoisotopic (exact) mass is 270 g/mol. The van der Waals surface area contributed by atoms with Crippen LogP contribution in [0.1, 0.15) is 16.1 Å². The smallest absolute Gasteiger partial charge is 0.233 e. The van der Waals surface area contributed by atoms with Crippen LogP contribution in [-0.4, -0.2) is 28.5 Å². The molecule has 2 aromatic rings. The fraction of sp³-hybridized carbons (Fsp3) is 0.0714. The Morgan fingerprint density at radius 2 is 2.05 bits per heavy atom. The van der Waals surface area contributed by atoms with E-state index in [2.05, 4.69) is 10.1 Å². The summed E-state index contributed by atoms with van der Waals surface area (Å²) < 4.78 is 10.4. The number of carbonyl (C=O) groups is 1. The summed E-state index contributed by atoms with van der Waals surface area (Å²) in [4.78, 5) is 16.2. The first-order valence-corrected chi connectivity index (χ1v) is 5.87. The standard InChI is InChI=1S/C14H10N2O4/c17-14(10-3-1-2-6-15-10)13(16-18)9-4-5-11-12(7-9)20-8-19-11/h1-7,18H,8H2/b16-13-. The first-order valence-electron chi connectivity index (χ1n) is 5.87. The average molecular weight is 270 g/mol. The molecule has 1 aromatic carbocycles. The Bertz CT molecular complexity index is 683. The normalized spacial score (nSPS) is 13.3. The van der Waals surface area contributed by atoms with E-state index < -0.39 is 5.78 Å². The van der Waals surface area contributed by atoms with Gasteiger partial charge in [-0.1, -0.05) is 11.2 Å². The van der Waals surface area contributed by atoms with E-state index in [1.807, 2.05) is 0 Å². The zero-order valence-corrected chi connectivity index (χ0v) is 10.3. The molecule has 1 aromatic heterocycles. The third-order valence-electron chi connectivity index (χ3n) is 2.86. The van der Waals surface area contributed by atoms with Gasteiger partial charge in [0.05, 0.1) is 0 Å². The van der Waals surface area contributed by atoms with Crippen molar-refractivity contribution in [2.45, 2.75) is 0 Å². The van der Waals surface area contributed by atoms with E-state index in [1.165, 1.54) is 6.20 Å². The van der Waals surface area contributed by atoms with Gasteiger partial charge >= 0.3 is 0 Å². The highest BCUT2D eigenvalue weighted by molar-refractivity contribution is 6.50. The molecule has 6 heteroatoms. The minimum absolute atomic E-state index is 0.0954. The van der Waals surface area contributed by atoms with Gasteiger partial charge in [-0.25, -0.2) is 0 Å². The molecule has 6 nitrogen and oxygen atoms in total. The first kappa shape index (κ1) is 12.2. The van der Waals surface area contributed by atoms with Crippen molar-refractivity contribution in [1.29, 1.82) is 0 Å². The summed E-state index contributed by atoms with van der Waals surface area (Å²) in [7, 11) is 0. The number of ketones is 1. The predicted molar refractivity (Wildman–Crippen MR) is 69.5 cm³/mol. The Labute approximate surface area is 114 Å². The topological polar surface area (TPSA) is 81.0 Å². The number of hydrogen-bond acceptors (Lipinski definition) is 6. The Balaban J connectivity index is 1.97. The van der Waals surface area contributed by atoms with Crippen LogP contribution < -0.4 is 9.47 Å². The van der Waals surface area contributed by atoms with Crippen LogP contribution in [0.2, 0.25) is 0 Å². The lowest BCUT2D eigenvalue weighted by atomic mass is 10.0. The lowest BCUT2D eigenvalue weighted by Gasteiger charge is -2.04. The van der Waals surface area contributed by atoms with Crippen molar-refractivity contribution in [1.82, 2.24) is 4.98 Å². The van der Waals surface area contributed by atoms with Gasteiger partial charge in [-0.05, 0) is 30.3 Å². The van der Waals surface area contributed by atoms with Gasteiger partial charge < -0.3 is 14.7 Å². The summed E-state index contributed by atoms with van der Waals surface area (Å²) in [5, 5.41) is 12.2. The highest BCUT2D eigenvalue weighted by Gasteiger charge is 2.21. The number of oxime groups is 1. The first-order chi connectivity index (χ1) is 9.79. The van der Waals surface area contributed by atoms with E-state index in [1.54, 1.807) is 36.4 Å². The van der Waals surface area contributed by atoms with E-state index in [0.29, 0.717) is 17.1 Å². The highest BCUT2D eigenvalue weighted by atomic mass is 16.7. The lowest BCUT2D eigenvalue weighted by molar-refractivity contribution is 0.105. The van der Waals surface area contributed by atoms with Gasteiger partial charge in [0, 0.05) is 11.8 Å². The minimum Gasteiger partial charge on any atom is -0.454 e. The summed E-state index contributed by atoms with van der Waals surface area (Å²) >= 11 is 0. The van der Waals surface area contributed by atoms with Gasteiger partial charge in [-0.3, -0.25) is 9.78 Å². The number of aromatic nitrogens is 1. The van der Waals surface area contributed by atoms with Crippen molar-refractivity contribution in [3.63, 3.8) is 0 Å². The number of rotatable bonds is 3. The molecule has 100 valence electrons. The van der Waals surface area contributed by atoms with Gasteiger partial charge in [0.2, 0.25) is 12.6 Å². The molecule has 1 N–H and O–H groups in total. The molecule has 0 spiro atoms. The SMILES string of the molecule is O=C(/C(=N\O)c1ccc2c(c1)OCO2)c1ccccn1. The fourth-order valence-electron chi connectivity index (χ4n) is 1.90. The Morgan fingerprint density at radius 1 is 1.20 bits per heavy atom. The second kappa shape index (κ2) is 5.00. The van der Waals surface area contributed by atoms with Crippen LogP contribution in [0.4, 0.5) is 0 Å². The number of Topliss-reactive ketones (excluding diaryl/α,β-unsaturated/α-hetero) is 1. The van der Waals surface area contributed by atoms with Crippen molar-refractivity contribution >= 4 is 11.5 Å². The molecule has 0 aliphatic carbocycles. The molecule has 0 amide bonds. The zero-order chi connectivity index (χ0) is 13.9. The molecule has 0 saturated carbocycles. The number of carbonyl (C=O) groups excluding carboxylic acids is 1. The number of fused-ring (bicyclic) bond motifs is 1. The van der Waals surface area contributed by atoms with Crippen molar-refractivity contribution in [2.24, 2.45) is 5.16 Å². The quantitative estimate of drug-likeness (QED) is 0.398. The van der Waals surface area contributed by atoms with E-state index in [0.717, 1.165) is 0 Å². The third-order valence-corrected chi connectivity index (χ3v) is 2.86. The van der Waals surface area contributed by atoms with E-state index in [4.69, 9.17) is 14.7 Å².